The summed E-state index contributed by atoms with van der Waals surface area (Å²) >= 11 is 1.97. The van der Waals surface area contributed by atoms with E-state index in [9.17, 15) is 13.6 Å². The van der Waals surface area contributed by atoms with Crippen molar-refractivity contribution in [2.45, 2.75) is 32.7 Å². The molecule has 1 aliphatic heterocycles. The Labute approximate surface area is 196 Å². The maximum Gasteiger partial charge on any atom is 0.277 e. The number of rotatable bonds is 7. The lowest BCUT2D eigenvalue weighted by Crippen LogP contribution is -2.25. The predicted octanol–water partition coefficient (Wildman–Crippen LogP) is 5.05. The van der Waals surface area contributed by atoms with E-state index >= 15 is 0 Å². The van der Waals surface area contributed by atoms with Gasteiger partial charge in [-0.1, -0.05) is 17.4 Å². The van der Waals surface area contributed by atoms with Crippen LogP contribution in [0, 0.1) is 11.6 Å². The smallest absolute Gasteiger partial charge is 0.277 e. The quantitative estimate of drug-likeness (QED) is 0.462. The number of aliphatic imine (C=N–C) groups is 1. The predicted molar refractivity (Wildman–Crippen MR) is 122 cm³/mol. The largest absolute Gasteiger partial charge is 0.479 e. The van der Waals surface area contributed by atoms with Gasteiger partial charge >= 0.3 is 0 Å². The number of ether oxygens (including phenoxy) is 3. The van der Waals surface area contributed by atoms with E-state index in [1.807, 2.05) is 13.8 Å². The third-order valence-electron chi connectivity index (χ3n) is 4.50. The molecule has 1 amide bonds. The zero-order chi connectivity index (χ0) is 23.6. The molecule has 0 bridgehead atoms. The molecule has 0 radical (unpaired) electrons. The number of hydrogen-bond acceptors (Lipinski definition) is 9. The van der Waals surface area contributed by atoms with Gasteiger partial charge in [0.1, 0.15) is 40.0 Å². The highest BCUT2D eigenvalue weighted by Gasteiger charge is 2.33. The van der Waals surface area contributed by atoms with Crippen LogP contribution in [0.3, 0.4) is 0 Å². The summed E-state index contributed by atoms with van der Waals surface area (Å²) in [7, 11) is 0. The van der Waals surface area contributed by atoms with Gasteiger partial charge < -0.3 is 19.5 Å². The van der Waals surface area contributed by atoms with E-state index in [0.717, 1.165) is 35.0 Å². The topological polar surface area (TPSA) is 94.9 Å². The van der Waals surface area contributed by atoms with Crippen LogP contribution >= 0.6 is 22.9 Å². The van der Waals surface area contributed by atoms with Crippen LogP contribution in [0.1, 0.15) is 31.3 Å². The fraction of sp³-hybridized carbons (Fsp3) is 0.333. The Balaban J connectivity index is 1.52. The number of carbonyl (C=O) groups excluding carboxylic acids is 1. The van der Waals surface area contributed by atoms with E-state index in [1.165, 1.54) is 18.5 Å². The molecule has 1 N–H and O–H groups in total. The van der Waals surface area contributed by atoms with Crippen LogP contribution < -0.4 is 10.1 Å². The normalized spacial score (nSPS) is 17.5. The van der Waals surface area contributed by atoms with E-state index < -0.39 is 23.3 Å². The average Bonchev–Trinajstić information content (AvgIpc) is 3.45. The van der Waals surface area contributed by atoms with E-state index in [-0.39, 0.29) is 34.0 Å². The van der Waals surface area contributed by atoms with E-state index in [0.29, 0.717) is 17.4 Å². The zero-order valence-corrected chi connectivity index (χ0v) is 19.6. The second-order valence-electron chi connectivity index (χ2n) is 7.40. The number of nitrogens with one attached hydrogen (secondary N) is 1. The van der Waals surface area contributed by atoms with Gasteiger partial charge in [0, 0.05) is 17.7 Å². The van der Waals surface area contributed by atoms with Crippen LogP contribution in [0.5, 0.6) is 5.06 Å². The minimum absolute atomic E-state index is 0.0114. The lowest BCUT2D eigenvalue weighted by Gasteiger charge is -2.17. The van der Waals surface area contributed by atoms with E-state index in [4.69, 9.17) is 14.2 Å². The summed E-state index contributed by atoms with van der Waals surface area (Å²) in [6.45, 7) is 5.90. The number of amides is 1. The second kappa shape index (κ2) is 9.59. The van der Waals surface area contributed by atoms with Crippen molar-refractivity contribution in [2.75, 3.05) is 18.5 Å². The standard InChI is InChI=1S/C21H20F2N4O4S2/c1-4-24-19-16(27-18(32-19)15-12(22)6-5-7-13(15)23)17(28)26-14-8-25-33-20(14)29-9-11-10-30-21(2,3)31-11/h4-8,11H,9-10H2,1-3H3,(H,26,28). The molecule has 1 aliphatic rings. The molecule has 2 aromatic heterocycles. The molecular weight excluding hydrogens is 474 g/mol. The Morgan fingerprint density at radius 1 is 1.39 bits per heavy atom. The highest BCUT2D eigenvalue weighted by atomic mass is 32.1. The lowest BCUT2D eigenvalue weighted by atomic mass is 10.2. The van der Waals surface area contributed by atoms with Crippen molar-refractivity contribution < 1.29 is 27.8 Å². The molecule has 3 aromatic rings. The Hall–Kier alpha value is -2.80. The first kappa shape index (κ1) is 23.4. The number of nitrogens with zero attached hydrogens (tertiary/aromatic N) is 3. The molecule has 1 atom stereocenters. The number of anilines is 1. The summed E-state index contributed by atoms with van der Waals surface area (Å²) < 4.78 is 49.5. The number of hydrogen-bond donors (Lipinski definition) is 1. The molecule has 0 aliphatic carbocycles. The van der Waals surface area contributed by atoms with Crippen molar-refractivity contribution in [3.05, 3.63) is 41.7 Å². The fourth-order valence-corrected chi connectivity index (χ4v) is 4.67. The van der Waals surface area contributed by atoms with Gasteiger partial charge in [-0.3, -0.25) is 4.79 Å². The van der Waals surface area contributed by atoms with Crippen LogP contribution in [0.25, 0.3) is 10.6 Å². The van der Waals surface area contributed by atoms with Crippen LogP contribution in [-0.4, -0.2) is 46.6 Å². The molecule has 1 unspecified atom stereocenters. The molecule has 1 aromatic carbocycles. The number of halogens is 2. The van der Waals surface area contributed by atoms with Gasteiger partial charge in [0.25, 0.3) is 5.91 Å². The van der Waals surface area contributed by atoms with Crippen LogP contribution in [0.4, 0.5) is 19.5 Å². The van der Waals surface area contributed by atoms with Crippen LogP contribution in [0.2, 0.25) is 0 Å². The SMILES string of the molecule is CC=Nc1sc(-c2c(F)cccc2F)nc1C(=O)Nc1cnsc1OCC1COC(C)(C)O1. The molecule has 3 heterocycles. The monoisotopic (exact) mass is 494 g/mol. The summed E-state index contributed by atoms with van der Waals surface area (Å²) in [6.07, 6.45) is 2.66. The molecular formula is C21H20F2N4O4S2. The fourth-order valence-electron chi connectivity index (χ4n) is 3.09. The minimum Gasteiger partial charge on any atom is -0.479 e. The van der Waals surface area contributed by atoms with Gasteiger partial charge in [-0.05, 0) is 32.9 Å². The van der Waals surface area contributed by atoms with Crippen molar-refractivity contribution in [1.82, 2.24) is 9.36 Å². The molecule has 174 valence electrons. The first-order valence-electron chi connectivity index (χ1n) is 9.92. The first-order valence-corrected chi connectivity index (χ1v) is 11.5. The van der Waals surface area contributed by atoms with Crippen molar-refractivity contribution in [3.8, 4) is 15.6 Å². The van der Waals surface area contributed by atoms with Crippen molar-refractivity contribution >= 4 is 45.7 Å². The van der Waals surface area contributed by atoms with Crippen molar-refractivity contribution in [3.63, 3.8) is 0 Å². The molecule has 0 spiro atoms. The van der Waals surface area contributed by atoms with Gasteiger partial charge in [0.15, 0.2) is 11.5 Å². The lowest BCUT2D eigenvalue weighted by molar-refractivity contribution is -0.141. The van der Waals surface area contributed by atoms with E-state index in [2.05, 4.69) is 19.7 Å². The average molecular weight is 495 g/mol. The Bertz CT molecular complexity index is 1170. The summed E-state index contributed by atoms with van der Waals surface area (Å²) in [5, 5.41) is 3.30. The van der Waals surface area contributed by atoms with Crippen molar-refractivity contribution in [1.29, 1.82) is 0 Å². The Kier molecular flexibility index (Phi) is 6.79. The highest BCUT2D eigenvalue weighted by molar-refractivity contribution is 7.19. The van der Waals surface area contributed by atoms with Gasteiger partial charge in [-0.2, -0.15) is 4.37 Å². The number of benzene rings is 1. The number of aromatic nitrogens is 2. The molecule has 1 fully saturated rings. The maximum atomic E-state index is 14.2. The van der Waals surface area contributed by atoms with E-state index in [1.54, 1.807) is 6.92 Å². The molecule has 12 heteroatoms. The minimum atomic E-state index is -0.776. The first-order chi connectivity index (χ1) is 15.8. The van der Waals surface area contributed by atoms with Crippen LogP contribution in [0.15, 0.2) is 29.4 Å². The molecule has 8 nitrogen and oxygen atoms in total. The summed E-state index contributed by atoms with van der Waals surface area (Å²) in [4.78, 5) is 21.3. The molecule has 1 saturated heterocycles. The zero-order valence-electron chi connectivity index (χ0n) is 17.9. The second-order valence-corrected chi connectivity index (χ2v) is 9.14. The maximum absolute atomic E-state index is 14.2. The number of carbonyl (C=O) groups is 1. The molecule has 0 saturated carbocycles. The molecule has 4 rings (SSSR count). The Morgan fingerprint density at radius 2 is 2.15 bits per heavy atom. The highest BCUT2D eigenvalue weighted by Crippen LogP contribution is 2.38. The Morgan fingerprint density at radius 3 is 2.82 bits per heavy atom. The third kappa shape index (κ3) is 5.24. The molecule has 33 heavy (non-hydrogen) atoms. The van der Waals surface area contributed by atoms with Gasteiger partial charge in [0.2, 0.25) is 5.06 Å². The van der Waals surface area contributed by atoms with Gasteiger partial charge in [-0.15, -0.1) is 0 Å². The summed E-state index contributed by atoms with van der Waals surface area (Å²) in [6, 6.07) is 3.52. The number of thiazole rings is 1. The van der Waals surface area contributed by atoms with Crippen molar-refractivity contribution in [2.24, 2.45) is 4.99 Å². The summed E-state index contributed by atoms with van der Waals surface area (Å²) in [5.41, 5.74) is -0.0413. The van der Waals surface area contributed by atoms with Gasteiger partial charge in [0.05, 0.1) is 18.4 Å². The van der Waals surface area contributed by atoms with Crippen LogP contribution in [-0.2, 0) is 9.47 Å². The third-order valence-corrected chi connectivity index (χ3v) is 6.20. The summed E-state index contributed by atoms with van der Waals surface area (Å²) in [5.74, 6) is -2.83. The van der Waals surface area contributed by atoms with Gasteiger partial charge in [-0.25, -0.2) is 18.8 Å².